The molecule has 0 amide bonds. The maximum Gasteiger partial charge on any atom is 0.0547 e. The van der Waals surface area contributed by atoms with Crippen LogP contribution >= 0.6 is 0 Å². The molecule has 0 saturated carbocycles. The summed E-state index contributed by atoms with van der Waals surface area (Å²) in [6.07, 6.45) is 0. The van der Waals surface area contributed by atoms with Gasteiger partial charge >= 0.3 is 0 Å². The van der Waals surface area contributed by atoms with Gasteiger partial charge in [0.1, 0.15) is 0 Å². The molecule has 0 aliphatic rings. The molecule has 0 N–H and O–H groups in total. The molecule has 2 nitrogen and oxygen atoms in total. The van der Waals surface area contributed by atoms with E-state index in [-0.39, 0.29) is 0 Å². The van der Waals surface area contributed by atoms with E-state index in [2.05, 4.69) is 264 Å². The summed E-state index contributed by atoms with van der Waals surface area (Å²) >= 11 is 0. The molecule has 0 bridgehead atoms. The van der Waals surface area contributed by atoms with E-state index in [1.165, 1.54) is 82.3 Å². The molecule has 0 fully saturated rings. The highest BCUT2D eigenvalue weighted by atomic mass is 15.1. The number of hydrogen-bond acceptors (Lipinski definition) is 1. The molecule has 2 heteroatoms. The van der Waals surface area contributed by atoms with Crippen LogP contribution < -0.4 is 4.90 Å². The molecule has 0 unspecified atom stereocenters. The van der Waals surface area contributed by atoms with E-state index in [9.17, 15) is 0 Å². The van der Waals surface area contributed by atoms with E-state index in [1.807, 2.05) is 0 Å². The quantitative estimate of drug-likeness (QED) is 0.139. The number of fused-ring (bicyclic) bond motifs is 6. The molecule has 11 aromatic carbocycles. The van der Waals surface area contributed by atoms with Crippen LogP contribution in [-0.4, -0.2) is 4.57 Å². The Hall–Kier alpha value is -8.46. The largest absolute Gasteiger partial charge is 0.310 e. The monoisotopic (exact) mass is 814 g/mol. The minimum absolute atomic E-state index is 1.07. The Labute approximate surface area is 373 Å². The van der Waals surface area contributed by atoms with Crippen molar-refractivity contribution in [2.45, 2.75) is 0 Å². The zero-order valence-electron chi connectivity index (χ0n) is 35.1. The van der Waals surface area contributed by atoms with Gasteiger partial charge in [-0.25, -0.2) is 0 Å². The number of rotatable bonds is 8. The van der Waals surface area contributed by atoms with Gasteiger partial charge in [-0.2, -0.15) is 0 Å². The Bertz CT molecular complexity index is 3660. The molecular weight excluding hydrogens is 773 g/mol. The first kappa shape index (κ1) is 37.3. The van der Waals surface area contributed by atoms with Crippen LogP contribution in [0.25, 0.3) is 93.5 Å². The molecule has 64 heavy (non-hydrogen) atoms. The van der Waals surface area contributed by atoms with Gasteiger partial charge in [-0.15, -0.1) is 0 Å². The molecule has 1 heterocycles. The predicted molar refractivity (Wildman–Crippen MR) is 272 cm³/mol. The third-order valence-electron chi connectivity index (χ3n) is 12.8. The van der Waals surface area contributed by atoms with Gasteiger partial charge in [0, 0.05) is 33.4 Å². The lowest BCUT2D eigenvalue weighted by Gasteiger charge is -2.30. The van der Waals surface area contributed by atoms with Crippen LogP contribution in [-0.2, 0) is 0 Å². The highest BCUT2D eigenvalue weighted by Gasteiger charge is 2.24. The Morgan fingerprint density at radius 2 is 0.844 bits per heavy atom. The van der Waals surface area contributed by atoms with E-state index in [0.29, 0.717) is 0 Å². The van der Waals surface area contributed by atoms with Crippen molar-refractivity contribution in [3.8, 4) is 50.2 Å². The first-order valence-corrected chi connectivity index (χ1v) is 22.0. The molecule has 12 rings (SSSR count). The fraction of sp³-hybridized carbons (Fsp3) is 0. The Balaban J connectivity index is 1.14. The summed E-state index contributed by atoms with van der Waals surface area (Å²) in [6, 6.07) is 92.9. The predicted octanol–water partition coefficient (Wildman–Crippen LogP) is 17.2. The molecule has 0 saturated heterocycles. The number of para-hydroxylation sites is 2. The van der Waals surface area contributed by atoms with E-state index in [0.717, 1.165) is 28.3 Å². The summed E-state index contributed by atoms with van der Waals surface area (Å²) in [5, 5.41) is 7.41. The van der Waals surface area contributed by atoms with Crippen molar-refractivity contribution in [3.05, 3.63) is 255 Å². The van der Waals surface area contributed by atoms with Gasteiger partial charge < -0.3 is 9.47 Å². The van der Waals surface area contributed by atoms with Gasteiger partial charge in [0.2, 0.25) is 0 Å². The van der Waals surface area contributed by atoms with Crippen LogP contribution in [0.1, 0.15) is 0 Å². The lowest BCUT2D eigenvalue weighted by molar-refractivity contribution is 1.18. The van der Waals surface area contributed by atoms with Gasteiger partial charge in [0.25, 0.3) is 0 Å². The fourth-order valence-electron chi connectivity index (χ4n) is 9.93. The van der Waals surface area contributed by atoms with Crippen molar-refractivity contribution in [1.29, 1.82) is 0 Å². The highest BCUT2D eigenvalue weighted by Crippen LogP contribution is 2.49. The van der Waals surface area contributed by atoms with Gasteiger partial charge in [0.05, 0.1) is 16.7 Å². The number of benzene rings is 11. The number of hydrogen-bond donors (Lipinski definition) is 0. The van der Waals surface area contributed by atoms with Crippen LogP contribution in [0.5, 0.6) is 0 Å². The van der Waals surface area contributed by atoms with Gasteiger partial charge in [-0.3, -0.25) is 0 Å². The third-order valence-corrected chi connectivity index (χ3v) is 12.8. The third kappa shape index (κ3) is 6.35. The number of aromatic nitrogens is 1. The van der Waals surface area contributed by atoms with Crippen molar-refractivity contribution in [1.82, 2.24) is 4.57 Å². The normalized spacial score (nSPS) is 11.4. The van der Waals surface area contributed by atoms with Crippen LogP contribution in [0.15, 0.2) is 255 Å². The average Bonchev–Trinajstić information content (AvgIpc) is 3.72. The number of anilines is 3. The molecule has 1 aromatic heterocycles. The topological polar surface area (TPSA) is 8.17 Å². The highest BCUT2D eigenvalue weighted by molar-refractivity contribution is 6.16. The second-order valence-electron chi connectivity index (χ2n) is 16.4. The number of nitrogens with zero attached hydrogens (tertiary/aromatic N) is 2. The maximum atomic E-state index is 2.48. The van der Waals surface area contributed by atoms with Crippen molar-refractivity contribution in [2.75, 3.05) is 4.90 Å². The molecule has 0 spiro atoms. The van der Waals surface area contributed by atoms with E-state index < -0.39 is 0 Å². The summed E-state index contributed by atoms with van der Waals surface area (Å²) in [4.78, 5) is 2.48. The first-order valence-electron chi connectivity index (χ1n) is 22.0. The minimum Gasteiger partial charge on any atom is -0.310 e. The van der Waals surface area contributed by atoms with Crippen LogP contribution in [0.2, 0.25) is 0 Å². The molecule has 0 aliphatic heterocycles. The van der Waals surface area contributed by atoms with E-state index in [1.54, 1.807) is 0 Å². The smallest absolute Gasteiger partial charge is 0.0547 e. The molecule has 0 atom stereocenters. The van der Waals surface area contributed by atoms with Gasteiger partial charge in [0.15, 0.2) is 0 Å². The second kappa shape index (κ2) is 15.8. The van der Waals surface area contributed by atoms with Crippen LogP contribution in [0.3, 0.4) is 0 Å². The summed E-state index contributed by atoms with van der Waals surface area (Å²) in [6.45, 7) is 0. The second-order valence-corrected chi connectivity index (χ2v) is 16.4. The standard InChI is InChI=1S/C62H42N2/c1-4-19-43(20-5-1)52-29-12-13-30-56(52)61-54(44-21-6-2-7-22-44)32-17-35-59(61)63(50-39-40-53-47(42-50)38-37-45-23-10-11-28-51(45)53)49-27-16-24-46(41-49)55-33-18-36-60-62(55)57-31-14-15-34-58(57)64(60)48-25-8-3-9-26-48/h1-42H. The summed E-state index contributed by atoms with van der Waals surface area (Å²) in [7, 11) is 0. The van der Waals surface area contributed by atoms with Crippen molar-refractivity contribution in [3.63, 3.8) is 0 Å². The zero-order chi connectivity index (χ0) is 42.4. The van der Waals surface area contributed by atoms with Crippen molar-refractivity contribution in [2.24, 2.45) is 0 Å². The lowest BCUT2D eigenvalue weighted by atomic mass is 9.87. The fourth-order valence-corrected chi connectivity index (χ4v) is 9.93. The van der Waals surface area contributed by atoms with Gasteiger partial charge in [-0.1, -0.05) is 200 Å². The zero-order valence-corrected chi connectivity index (χ0v) is 35.1. The van der Waals surface area contributed by atoms with E-state index in [4.69, 9.17) is 0 Å². The molecule has 0 radical (unpaired) electrons. The maximum absolute atomic E-state index is 2.48. The lowest BCUT2D eigenvalue weighted by Crippen LogP contribution is -2.12. The SMILES string of the molecule is c1ccc(-c2ccccc2-c2c(-c3ccccc3)cccc2N(c2cccc(-c3cccc4c3c3ccccc3n4-c3ccccc3)c2)c2ccc3c(ccc4ccccc43)c2)cc1. The van der Waals surface area contributed by atoms with Crippen molar-refractivity contribution >= 4 is 60.4 Å². The van der Waals surface area contributed by atoms with Gasteiger partial charge in [-0.05, 0) is 115 Å². The minimum atomic E-state index is 1.07. The summed E-state index contributed by atoms with van der Waals surface area (Å²) in [5.74, 6) is 0. The molecular formula is C62H42N2. The molecule has 12 aromatic rings. The summed E-state index contributed by atoms with van der Waals surface area (Å²) in [5.41, 5.74) is 16.2. The van der Waals surface area contributed by atoms with E-state index >= 15 is 0 Å². The Morgan fingerprint density at radius 1 is 0.297 bits per heavy atom. The van der Waals surface area contributed by atoms with Crippen LogP contribution in [0, 0.1) is 0 Å². The average molecular weight is 815 g/mol. The Kier molecular flexibility index (Phi) is 9.20. The molecule has 0 aliphatic carbocycles. The van der Waals surface area contributed by atoms with Crippen molar-refractivity contribution < 1.29 is 0 Å². The summed E-state index contributed by atoms with van der Waals surface area (Å²) < 4.78 is 2.40. The molecule has 300 valence electrons. The Morgan fingerprint density at radius 3 is 1.66 bits per heavy atom. The first-order chi connectivity index (χ1) is 31.8. The van der Waals surface area contributed by atoms with Crippen LogP contribution in [0.4, 0.5) is 17.1 Å².